The van der Waals surface area contributed by atoms with E-state index >= 15 is 0 Å². The van der Waals surface area contributed by atoms with Crippen molar-refractivity contribution in [1.29, 1.82) is 0 Å². The van der Waals surface area contributed by atoms with Gasteiger partial charge in [0.2, 0.25) is 5.89 Å². The molecule has 0 aliphatic carbocycles. The van der Waals surface area contributed by atoms with Crippen LogP contribution in [0, 0.1) is 0 Å². The predicted octanol–water partition coefficient (Wildman–Crippen LogP) is 2.04. The molecule has 0 bridgehead atoms. The molecule has 1 unspecified atom stereocenters. The number of fused-ring (bicyclic) bond motifs is 1. The first kappa shape index (κ1) is 12.5. The molecule has 3 aromatic rings. The molecule has 0 spiro atoms. The second-order valence-electron chi connectivity index (χ2n) is 5.10. The smallest absolute Gasteiger partial charge is 0.312 e. The topological polar surface area (TPSA) is 94.0 Å². The zero-order valence-corrected chi connectivity index (χ0v) is 12.1. The molecule has 1 atom stereocenters. The Morgan fingerprint density at radius 3 is 3.14 bits per heavy atom. The molecule has 8 heteroatoms. The summed E-state index contributed by atoms with van der Waals surface area (Å²) in [4.78, 5) is 11.0. The molecule has 1 aliphatic heterocycles. The van der Waals surface area contributed by atoms with Gasteiger partial charge in [-0.15, -0.1) is 16.4 Å². The normalized spacial score (nSPS) is 19.2. The van der Waals surface area contributed by atoms with Crippen LogP contribution in [0.25, 0.3) is 10.2 Å². The van der Waals surface area contributed by atoms with Crippen LogP contribution >= 0.6 is 11.3 Å². The highest BCUT2D eigenvalue weighted by Crippen LogP contribution is 2.33. The van der Waals surface area contributed by atoms with Gasteiger partial charge in [0.25, 0.3) is 0 Å². The van der Waals surface area contributed by atoms with Crippen LogP contribution in [0.15, 0.2) is 22.2 Å². The van der Waals surface area contributed by atoms with Gasteiger partial charge in [-0.1, -0.05) is 5.10 Å². The summed E-state index contributed by atoms with van der Waals surface area (Å²) in [7, 11) is 0. The zero-order valence-electron chi connectivity index (χ0n) is 11.3. The Morgan fingerprint density at radius 2 is 2.29 bits per heavy atom. The Bertz CT molecular complexity index is 769. The average molecular weight is 302 g/mol. The Hall–Kier alpha value is -2.22. The van der Waals surface area contributed by atoms with Crippen molar-refractivity contribution < 1.29 is 4.42 Å². The van der Waals surface area contributed by atoms with Crippen LogP contribution in [0.4, 0.5) is 11.8 Å². The van der Waals surface area contributed by atoms with Gasteiger partial charge in [0, 0.05) is 13.1 Å². The predicted molar refractivity (Wildman–Crippen MR) is 80.3 cm³/mol. The third-order valence-corrected chi connectivity index (χ3v) is 4.65. The third kappa shape index (κ3) is 2.21. The quantitative estimate of drug-likeness (QED) is 0.774. The molecule has 108 valence electrons. The van der Waals surface area contributed by atoms with E-state index in [0.29, 0.717) is 5.89 Å². The summed E-state index contributed by atoms with van der Waals surface area (Å²) < 4.78 is 6.51. The highest BCUT2D eigenvalue weighted by atomic mass is 32.1. The lowest BCUT2D eigenvalue weighted by atomic mass is 9.98. The Balaban J connectivity index is 1.65. The van der Waals surface area contributed by atoms with Crippen molar-refractivity contribution in [1.82, 2.24) is 20.2 Å². The Labute approximate surface area is 124 Å². The van der Waals surface area contributed by atoms with E-state index in [2.05, 4.69) is 25.1 Å². The van der Waals surface area contributed by atoms with Crippen LogP contribution in [0.2, 0.25) is 0 Å². The Morgan fingerprint density at radius 1 is 1.33 bits per heavy atom. The van der Waals surface area contributed by atoms with Gasteiger partial charge in [-0.3, -0.25) is 0 Å². The van der Waals surface area contributed by atoms with Gasteiger partial charge in [-0.2, -0.15) is 0 Å². The molecule has 0 aromatic carbocycles. The van der Waals surface area contributed by atoms with Crippen molar-refractivity contribution in [2.45, 2.75) is 18.8 Å². The van der Waals surface area contributed by atoms with Gasteiger partial charge in [0.1, 0.15) is 12.1 Å². The van der Waals surface area contributed by atoms with Crippen molar-refractivity contribution in [3.05, 3.63) is 23.7 Å². The van der Waals surface area contributed by atoms with Crippen LogP contribution in [-0.2, 0) is 0 Å². The average Bonchev–Trinajstić information content (AvgIpc) is 3.15. The number of piperidine rings is 1. The number of hydrogen-bond donors (Lipinski definition) is 1. The maximum Gasteiger partial charge on any atom is 0.312 e. The minimum atomic E-state index is 0.129. The molecule has 0 amide bonds. The molecule has 0 radical (unpaired) electrons. The van der Waals surface area contributed by atoms with Crippen molar-refractivity contribution >= 4 is 33.4 Å². The van der Waals surface area contributed by atoms with Gasteiger partial charge in [0.15, 0.2) is 0 Å². The van der Waals surface area contributed by atoms with Crippen molar-refractivity contribution in [2.24, 2.45) is 0 Å². The van der Waals surface area contributed by atoms with Gasteiger partial charge in [0.05, 0.1) is 16.1 Å². The highest BCUT2D eigenvalue weighted by molar-refractivity contribution is 7.17. The van der Waals surface area contributed by atoms with Crippen LogP contribution in [0.1, 0.15) is 24.7 Å². The fourth-order valence-electron chi connectivity index (χ4n) is 2.78. The van der Waals surface area contributed by atoms with Gasteiger partial charge < -0.3 is 15.1 Å². The molecular weight excluding hydrogens is 288 g/mol. The minimum Gasteiger partial charge on any atom is -0.408 e. The minimum absolute atomic E-state index is 0.129. The van der Waals surface area contributed by atoms with E-state index in [4.69, 9.17) is 10.2 Å². The van der Waals surface area contributed by atoms with E-state index in [1.165, 1.54) is 0 Å². The summed E-state index contributed by atoms with van der Waals surface area (Å²) in [6.07, 6.45) is 3.71. The zero-order chi connectivity index (χ0) is 14.2. The van der Waals surface area contributed by atoms with Gasteiger partial charge in [-0.25, -0.2) is 9.97 Å². The number of nitrogen functional groups attached to an aromatic ring is 1. The molecule has 4 rings (SSSR count). The fourth-order valence-corrected chi connectivity index (χ4v) is 3.65. The number of nitrogens with two attached hydrogens (primary N) is 1. The summed E-state index contributed by atoms with van der Waals surface area (Å²) >= 11 is 1.67. The van der Waals surface area contributed by atoms with Crippen LogP contribution in [-0.4, -0.2) is 33.3 Å². The number of hydrogen-bond acceptors (Lipinski definition) is 8. The highest BCUT2D eigenvalue weighted by Gasteiger charge is 2.27. The molecule has 2 N–H and O–H groups in total. The maximum atomic E-state index is 5.52. The first-order valence-electron chi connectivity index (χ1n) is 6.83. The molecule has 1 saturated heterocycles. The summed E-state index contributed by atoms with van der Waals surface area (Å²) in [5.41, 5.74) is 6.51. The van der Waals surface area contributed by atoms with Crippen molar-refractivity contribution in [2.75, 3.05) is 23.7 Å². The van der Waals surface area contributed by atoms with Crippen molar-refractivity contribution in [3.8, 4) is 0 Å². The first-order chi connectivity index (χ1) is 10.3. The monoisotopic (exact) mass is 302 g/mol. The maximum absolute atomic E-state index is 5.52. The lowest BCUT2D eigenvalue weighted by Crippen LogP contribution is -2.35. The first-order valence-corrected chi connectivity index (χ1v) is 7.71. The summed E-state index contributed by atoms with van der Waals surface area (Å²) in [6, 6.07) is 2.15. The fraction of sp³-hybridized carbons (Fsp3) is 0.385. The number of rotatable bonds is 2. The van der Waals surface area contributed by atoms with E-state index < -0.39 is 0 Å². The number of nitrogens with zero attached hydrogens (tertiary/aromatic N) is 5. The molecule has 1 aliphatic rings. The van der Waals surface area contributed by atoms with E-state index in [9.17, 15) is 0 Å². The van der Waals surface area contributed by atoms with Crippen LogP contribution in [0.5, 0.6) is 0 Å². The lowest BCUT2D eigenvalue weighted by Gasteiger charge is -2.32. The van der Waals surface area contributed by atoms with Crippen molar-refractivity contribution in [3.63, 3.8) is 0 Å². The SMILES string of the molecule is Nc1nnc(C2CCCN(c3ncnc4ccsc34)C2)o1. The molecule has 21 heavy (non-hydrogen) atoms. The molecular formula is C13H14N6OS. The van der Waals surface area contributed by atoms with E-state index in [0.717, 1.165) is 42.0 Å². The van der Waals surface area contributed by atoms with Crippen LogP contribution < -0.4 is 10.6 Å². The summed E-state index contributed by atoms with van der Waals surface area (Å²) in [5.74, 6) is 1.81. The molecule has 4 heterocycles. The van der Waals surface area contributed by atoms with E-state index in [1.807, 2.05) is 11.4 Å². The number of anilines is 2. The molecule has 7 nitrogen and oxygen atoms in total. The standard InChI is InChI=1S/C13H14N6OS/c14-13-18-17-12(20-13)8-2-1-4-19(6-8)11-10-9(3-5-21-10)15-7-16-11/h3,5,7-8H,1-2,4,6H2,(H2,14,18). The second kappa shape index (κ2) is 4.96. The Kier molecular flexibility index (Phi) is 2.95. The number of aromatic nitrogens is 4. The lowest BCUT2D eigenvalue weighted by molar-refractivity contribution is 0.405. The van der Waals surface area contributed by atoms with Crippen LogP contribution in [0.3, 0.4) is 0 Å². The number of thiophene rings is 1. The summed E-state index contributed by atoms with van der Waals surface area (Å²) in [6.45, 7) is 1.79. The molecule has 1 fully saturated rings. The van der Waals surface area contributed by atoms with Gasteiger partial charge in [-0.05, 0) is 24.3 Å². The van der Waals surface area contributed by atoms with E-state index in [1.54, 1.807) is 17.7 Å². The molecule has 0 saturated carbocycles. The van der Waals surface area contributed by atoms with Gasteiger partial charge >= 0.3 is 6.01 Å². The summed E-state index contributed by atoms with van der Waals surface area (Å²) in [5, 5.41) is 9.82. The van der Waals surface area contributed by atoms with E-state index in [-0.39, 0.29) is 11.9 Å². The third-order valence-electron chi connectivity index (χ3n) is 3.75. The molecule has 3 aromatic heterocycles. The second-order valence-corrected chi connectivity index (χ2v) is 6.01. The largest absolute Gasteiger partial charge is 0.408 e.